The standard InChI is InChI=1S/C15H17NO/c1-12-7-9-14(10-8-12)17-11-15(16)13-5-3-2-4-6-13/h2-10,15H,11,16H2,1H3/t15-/m0/s1. The third kappa shape index (κ3) is 3.33. The summed E-state index contributed by atoms with van der Waals surface area (Å²) in [4.78, 5) is 0. The Morgan fingerprint density at radius 3 is 2.29 bits per heavy atom. The van der Waals surface area contributed by atoms with Crippen LogP contribution in [0, 0.1) is 6.92 Å². The van der Waals surface area contributed by atoms with Crippen LogP contribution < -0.4 is 10.5 Å². The van der Waals surface area contributed by atoms with Crippen LogP contribution >= 0.6 is 0 Å². The summed E-state index contributed by atoms with van der Waals surface area (Å²) < 4.78 is 5.65. The molecule has 2 heteroatoms. The summed E-state index contributed by atoms with van der Waals surface area (Å²) in [6.07, 6.45) is 0. The molecule has 0 radical (unpaired) electrons. The van der Waals surface area contributed by atoms with Crippen molar-refractivity contribution in [3.63, 3.8) is 0 Å². The first-order valence-electron chi connectivity index (χ1n) is 5.76. The third-order valence-corrected chi connectivity index (χ3v) is 2.68. The van der Waals surface area contributed by atoms with Crippen LogP contribution in [0.3, 0.4) is 0 Å². The molecule has 2 aromatic carbocycles. The van der Waals surface area contributed by atoms with E-state index in [4.69, 9.17) is 10.5 Å². The Labute approximate surface area is 102 Å². The van der Waals surface area contributed by atoms with E-state index in [0.717, 1.165) is 11.3 Å². The molecule has 0 fully saturated rings. The molecule has 0 aliphatic heterocycles. The van der Waals surface area contributed by atoms with Crippen molar-refractivity contribution < 1.29 is 4.74 Å². The van der Waals surface area contributed by atoms with Gasteiger partial charge in [-0.1, -0.05) is 48.0 Å². The Kier molecular flexibility index (Phi) is 3.78. The zero-order chi connectivity index (χ0) is 12.1. The normalized spacial score (nSPS) is 12.1. The summed E-state index contributed by atoms with van der Waals surface area (Å²) in [5, 5.41) is 0. The second-order valence-corrected chi connectivity index (χ2v) is 4.14. The first kappa shape index (κ1) is 11.7. The lowest BCUT2D eigenvalue weighted by Gasteiger charge is -2.13. The Morgan fingerprint density at radius 1 is 1.00 bits per heavy atom. The van der Waals surface area contributed by atoms with Crippen molar-refractivity contribution in [1.82, 2.24) is 0 Å². The highest BCUT2D eigenvalue weighted by molar-refractivity contribution is 5.26. The van der Waals surface area contributed by atoms with Gasteiger partial charge in [0.2, 0.25) is 0 Å². The zero-order valence-electron chi connectivity index (χ0n) is 9.97. The van der Waals surface area contributed by atoms with Crippen molar-refractivity contribution in [3.05, 3.63) is 65.7 Å². The van der Waals surface area contributed by atoms with Crippen LogP contribution in [-0.4, -0.2) is 6.61 Å². The molecule has 1 atom stereocenters. The minimum absolute atomic E-state index is 0.0856. The Morgan fingerprint density at radius 2 is 1.65 bits per heavy atom. The topological polar surface area (TPSA) is 35.2 Å². The molecule has 0 amide bonds. The van der Waals surface area contributed by atoms with Gasteiger partial charge in [0.1, 0.15) is 12.4 Å². The van der Waals surface area contributed by atoms with Gasteiger partial charge in [0.15, 0.2) is 0 Å². The summed E-state index contributed by atoms with van der Waals surface area (Å²) in [6.45, 7) is 2.55. The quantitative estimate of drug-likeness (QED) is 0.871. The van der Waals surface area contributed by atoms with Crippen molar-refractivity contribution >= 4 is 0 Å². The first-order valence-corrected chi connectivity index (χ1v) is 5.76. The van der Waals surface area contributed by atoms with Crippen molar-refractivity contribution in [1.29, 1.82) is 0 Å². The summed E-state index contributed by atoms with van der Waals surface area (Å²) >= 11 is 0. The second kappa shape index (κ2) is 5.51. The maximum absolute atomic E-state index is 6.05. The summed E-state index contributed by atoms with van der Waals surface area (Å²) in [6, 6.07) is 17.9. The number of hydrogen-bond donors (Lipinski definition) is 1. The highest BCUT2D eigenvalue weighted by Crippen LogP contribution is 2.15. The lowest BCUT2D eigenvalue weighted by atomic mass is 10.1. The third-order valence-electron chi connectivity index (χ3n) is 2.68. The van der Waals surface area contributed by atoms with E-state index in [9.17, 15) is 0 Å². The number of hydrogen-bond acceptors (Lipinski definition) is 2. The molecule has 0 unspecified atom stereocenters. The predicted octanol–water partition coefficient (Wildman–Crippen LogP) is 3.07. The molecule has 2 N–H and O–H groups in total. The fourth-order valence-corrected chi connectivity index (χ4v) is 1.62. The summed E-state index contributed by atoms with van der Waals surface area (Å²) in [5.41, 5.74) is 8.37. The minimum atomic E-state index is -0.0856. The van der Waals surface area contributed by atoms with E-state index >= 15 is 0 Å². The number of nitrogens with two attached hydrogens (primary N) is 1. The van der Waals surface area contributed by atoms with Gasteiger partial charge in [-0.05, 0) is 24.6 Å². The number of aryl methyl sites for hydroxylation is 1. The van der Waals surface area contributed by atoms with Crippen LogP contribution in [0.2, 0.25) is 0 Å². The van der Waals surface area contributed by atoms with Crippen molar-refractivity contribution in [2.24, 2.45) is 5.73 Å². The molecule has 2 rings (SSSR count). The van der Waals surface area contributed by atoms with Gasteiger partial charge in [0.25, 0.3) is 0 Å². The van der Waals surface area contributed by atoms with E-state index in [0.29, 0.717) is 6.61 Å². The highest BCUT2D eigenvalue weighted by atomic mass is 16.5. The number of ether oxygens (including phenoxy) is 1. The van der Waals surface area contributed by atoms with Gasteiger partial charge in [-0.2, -0.15) is 0 Å². The van der Waals surface area contributed by atoms with Crippen molar-refractivity contribution in [2.75, 3.05) is 6.61 Å². The summed E-state index contributed by atoms with van der Waals surface area (Å²) in [7, 11) is 0. The molecule has 0 spiro atoms. The smallest absolute Gasteiger partial charge is 0.119 e. The Hall–Kier alpha value is -1.80. The molecular formula is C15H17NO. The Bertz CT molecular complexity index is 450. The Balaban J connectivity index is 1.92. The van der Waals surface area contributed by atoms with E-state index in [1.54, 1.807) is 0 Å². The van der Waals surface area contributed by atoms with E-state index < -0.39 is 0 Å². The SMILES string of the molecule is Cc1ccc(OC[C@H](N)c2ccccc2)cc1. The van der Waals surface area contributed by atoms with Crippen molar-refractivity contribution in [3.8, 4) is 5.75 Å². The minimum Gasteiger partial charge on any atom is -0.492 e. The number of benzene rings is 2. The predicted molar refractivity (Wildman–Crippen MR) is 70.0 cm³/mol. The van der Waals surface area contributed by atoms with Crippen LogP contribution in [0.25, 0.3) is 0 Å². The molecule has 0 aromatic heterocycles. The fourth-order valence-electron chi connectivity index (χ4n) is 1.62. The largest absolute Gasteiger partial charge is 0.492 e. The lowest BCUT2D eigenvalue weighted by molar-refractivity contribution is 0.290. The maximum Gasteiger partial charge on any atom is 0.119 e. The van der Waals surface area contributed by atoms with Crippen molar-refractivity contribution in [2.45, 2.75) is 13.0 Å². The molecule has 0 aliphatic rings. The van der Waals surface area contributed by atoms with Gasteiger partial charge < -0.3 is 10.5 Å². The number of rotatable bonds is 4. The summed E-state index contributed by atoms with van der Waals surface area (Å²) in [5.74, 6) is 0.863. The van der Waals surface area contributed by atoms with E-state index in [1.807, 2.05) is 54.6 Å². The van der Waals surface area contributed by atoms with E-state index in [-0.39, 0.29) is 6.04 Å². The van der Waals surface area contributed by atoms with Gasteiger partial charge >= 0.3 is 0 Å². The fraction of sp³-hybridized carbons (Fsp3) is 0.200. The highest BCUT2D eigenvalue weighted by Gasteiger charge is 2.05. The monoisotopic (exact) mass is 227 g/mol. The molecule has 0 saturated carbocycles. The van der Waals surface area contributed by atoms with Crippen LogP contribution in [0.1, 0.15) is 17.2 Å². The van der Waals surface area contributed by atoms with Gasteiger partial charge in [-0.25, -0.2) is 0 Å². The van der Waals surface area contributed by atoms with Gasteiger partial charge in [0, 0.05) is 0 Å². The first-order chi connectivity index (χ1) is 8.25. The van der Waals surface area contributed by atoms with Gasteiger partial charge in [-0.15, -0.1) is 0 Å². The van der Waals surface area contributed by atoms with Gasteiger partial charge in [0.05, 0.1) is 6.04 Å². The molecule has 2 nitrogen and oxygen atoms in total. The lowest BCUT2D eigenvalue weighted by Crippen LogP contribution is -2.18. The molecule has 17 heavy (non-hydrogen) atoms. The van der Waals surface area contributed by atoms with Crippen LogP contribution in [0.4, 0.5) is 0 Å². The molecule has 0 bridgehead atoms. The zero-order valence-corrected chi connectivity index (χ0v) is 9.97. The molecule has 0 heterocycles. The van der Waals surface area contributed by atoms with Crippen LogP contribution in [0.15, 0.2) is 54.6 Å². The average Bonchev–Trinajstić information content (AvgIpc) is 2.39. The van der Waals surface area contributed by atoms with Crippen LogP contribution in [-0.2, 0) is 0 Å². The molecular weight excluding hydrogens is 210 g/mol. The van der Waals surface area contributed by atoms with Gasteiger partial charge in [-0.3, -0.25) is 0 Å². The average molecular weight is 227 g/mol. The second-order valence-electron chi connectivity index (χ2n) is 4.14. The molecule has 0 aliphatic carbocycles. The van der Waals surface area contributed by atoms with E-state index in [1.165, 1.54) is 5.56 Å². The molecule has 2 aromatic rings. The maximum atomic E-state index is 6.05. The molecule has 0 saturated heterocycles. The molecule has 88 valence electrons. The van der Waals surface area contributed by atoms with Crippen LogP contribution in [0.5, 0.6) is 5.75 Å². The van der Waals surface area contributed by atoms with E-state index in [2.05, 4.69) is 6.92 Å².